The molecule has 13 nitrogen and oxygen atoms in total. The number of hydrogen-bond acceptors (Lipinski definition) is 9. The normalized spacial score (nSPS) is 19.8. The number of nitriles is 1. The second-order valence-electron chi connectivity index (χ2n) is 13.1. The summed E-state index contributed by atoms with van der Waals surface area (Å²) < 4.78 is 41.7. The van der Waals surface area contributed by atoms with Crippen LogP contribution in [0.3, 0.4) is 0 Å². The molecule has 0 saturated carbocycles. The molecule has 252 valence electrons. The highest BCUT2D eigenvalue weighted by Gasteiger charge is 2.45. The summed E-state index contributed by atoms with van der Waals surface area (Å²) >= 11 is 0. The van der Waals surface area contributed by atoms with Gasteiger partial charge in [-0.3, -0.25) is 43.8 Å². The molecule has 0 radical (unpaired) electrons. The summed E-state index contributed by atoms with van der Waals surface area (Å²) in [6, 6.07) is 8.70. The van der Waals surface area contributed by atoms with Crippen LogP contribution in [0.1, 0.15) is 69.8 Å². The van der Waals surface area contributed by atoms with Gasteiger partial charge in [-0.2, -0.15) is 23.5 Å². The fourth-order valence-corrected chi connectivity index (χ4v) is 6.62. The summed E-state index contributed by atoms with van der Waals surface area (Å²) in [5, 5.41) is 18.4. The number of aromatic nitrogens is 2. The molecule has 1 atom stereocenters. The Kier molecular flexibility index (Phi) is 7.36. The highest BCUT2D eigenvalue weighted by Crippen LogP contribution is 2.36. The third kappa shape index (κ3) is 5.39. The van der Waals surface area contributed by atoms with Crippen molar-refractivity contribution in [3.63, 3.8) is 0 Å². The zero-order valence-corrected chi connectivity index (χ0v) is 26.3. The first-order valence-corrected chi connectivity index (χ1v) is 15.5. The molecular weight excluding hydrogens is 645 g/mol. The van der Waals surface area contributed by atoms with Crippen LogP contribution in [0.2, 0.25) is 0 Å². The first-order valence-electron chi connectivity index (χ1n) is 15.5. The van der Waals surface area contributed by atoms with Crippen LogP contribution < -0.4 is 15.5 Å². The van der Waals surface area contributed by atoms with E-state index in [4.69, 9.17) is 5.26 Å². The number of alkyl halides is 3. The van der Waals surface area contributed by atoms with Crippen molar-refractivity contribution in [1.29, 1.82) is 5.26 Å². The van der Waals surface area contributed by atoms with Gasteiger partial charge in [0.2, 0.25) is 11.8 Å². The maximum absolute atomic E-state index is 13.4. The molecular formula is C33H29F3N8O5. The molecule has 1 aromatic heterocycles. The van der Waals surface area contributed by atoms with Gasteiger partial charge < -0.3 is 10.2 Å². The molecule has 0 spiro atoms. The Morgan fingerprint density at radius 1 is 1.02 bits per heavy atom. The number of imide groups is 2. The number of rotatable bonds is 6. The molecule has 16 heteroatoms. The summed E-state index contributed by atoms with van der Waals surface area (Å²) in [4.78, 5) is 68.6. The highest BCUT2D eigenvalue weighted by molar-refractivity contribution is 6.23. The lowest BCUT2D eigenvalue weighted by Gasteiger charge is -2.45. The van der Waals surface area contributed by atoms with E-state index in [1.165, 1.54) is 16.8 Å². The number of nitrogens with one attached hydrogen (secondary N) is 2. The third-order valence-corrected chi connectivity index (χ3v) is 9.60. The zero-order chi connectivity index (χ0) is 35.0. The number of amides is 5. The Morgan fingerprint density at radius 3 is 2.43 bits per heavy atom. The SMILES string of the molecule is CC(C)(C(=O)Nc1ccc(C#N)c(C(F)(F)F)c1)n1cc2c(n1)CN(C1CN(c3ccc4c(c3)C(=O)N(C3CCC(=O)NC3=O)C4=O)C1)C2. The lowest BCUT2D eigenvalue weighted by atomic mass is 10.0. The van der Waals surface area contributed by atoms with E-state index in [9.17, 15) is 37.1 Å². The fourth-order valence-electron chi connectivity index (χ4n) is 6.62. The van der Waals surface area contributed by atoms with Crippen LogP contribution in [-0.2, 0) is 39.2 Å². The van der Waals surface area contributed by atoms with Crippen LogP contribution in [0.5, 0.6) is 0 Å². The van der Waals surface area contributed by atoms with Crippen LogP contribution >= 0.6 is 0 Å². The van der Waals surface area contributed by atoms with E-state index in [2.05, 4.69) is 25.5 Å². The van der Waals surface area contributed by atoms with Gasteiger partial charge in [-0.1, -0.05) is 0 Å². The molecule has 2 saturated heterocycles. The number of halogens is 3. The summed E-state index contributed by atoms with van der Waals surface area (Å²) in [5.41, 5.74) is -0.0840. The molecule has 5 amide bonds. The Hall–Kier alpha value is -5.56. The minimum Gasteiger partial charge on any atom is -0.368 e. The van der Waals surface area contributed by atoms with Crippen molar-refractivity contribution in [2.24, 2.45) is 0 Å². The molecule has 1 unspecified atom stereocenters. The second-order valence-corrected chi connectivity index (χ2v) is 13.1. The number of nitrogens with zero attached hydrogens (tertiary/aromatic N) is 6. The standard InChI is InChI=1S/C33H29F3N8O5/c1-32(2,31(49)38-19-4-3-17(11-37)24(9-19)33(34,35)36)43-13-18-12-41(16-25(18)40-43)21-14-42(15-21)20-5-6-22-23(10-20)30(48)44(29(22)47)26-7-8-27(45)39-28(26)46/h3-6,9-10,13,21,26H,7-8,12,14-16H2,1-2H3,(H,38,49)(H,39,45,46). The Morgan fingerprint density at radius 2 is 1.76 bits per heavy atom. The average Bonchev–Trinajstić information content (AvgIpc) is 3.67. The smallest absolute Gasteiger partial charge is 0.368 e. The van der Waals surface area contributed by atoms with Crippen LogP contribution in [0.25, 0.3) is 0 Å². The predicted molar refractivity (Wildman–Crippen MR) is 165 cm³/mol. The first kappa shape index (κ1) is 32.0. The van der Waals surface area contributed by atoms with E-state index in [0.717, 1.165) is 34.0 Å². The number of piperidine rings is 1. The van der Waals surface area contributed by atoms with E-state index in [1.807, 2.05) is 0 Å². The van der Waals surface area contributed by atoms with Crippen LogP contribution in [0, 0.1) is 11.3 Å². The fraction of sp³-hybridized carbons (Fsp3) is 0.364. The maximum atomic E-state index is 13.4. The minimum absolute atomic E-state index is 0.0457. The van der Waals surface area contributed by atoms with Crippen molar-refractivity contribution in [3.05, 3.63) is 76.1 Å². The Bertz CT molecular complexity index is 1990. The molecule has 4 aliphatic rings. The summed E-state index contributed by atoms with van der Waals surface area (Å²) in [6.07, 6.45) is -2.86. The van der Waals surface area contributed by atoms with Gasteiger partial charge in [0.25, 0.3) is 17.7 Å². The quantitative estimate of drug-likeness (QED) is 0.375. The van der Waals surface area contributed by atoms with Gasteiger partial charge in [0.05, 0.1) is 34.0 Å². The Labute approximate surface area is 277 Å². The van der Waals surface area contributed by atoms with Crippen molar-refractivity contribution < 1.29 is 37.1 Å². The van der Waals surface area contributed by atoms with Gasteiger partial charge in [0, 0.05) is 61.8 Å². The number of carbonyl (C=O) groups is 5. The van der Waals surface area contributed by atoms with E-state index in [1.54, 1.807) is 38.2 Å². The van der Waals surface area contributed by atoms with Crippen LogP contribution in [0.4, 0.5) is 24.5 Å². The molecule has 7 rings (SSSR count). The van der Waals surface area contributed by atoms with Gasteiger partial charge in [-0.05, 0) is 56.7 Å². The number of fused-ring (bicyclic) bond motifs is 2. The van der Waals surface area contributed by atoms with Gasteiger partial charge in [-0.25, -0.2) is 0 Å². The van der Waals surface area contributed by atoms with Crippen LogP contribution in [-0.4, -0.2) is 74.3 Å². The zero-order valence-electron chi connectivity index (χ0n) is 26.3. The highest BCUT2D eigenvalue weighted by atomic mass is 19.4. The summed E-state index contributed by atoms with van der Waals surface area (Å²) in [5.74, 6) is -2.79. The van der Waals surface area contributed by atoms with Gasteiger partial charge >= 0.3 is 6.18 Å². The van der Waals surface area contributed by atoms with Crippen LogP contribution in [0.15, 0.2) is 42.6 Å². The molecule has 49 heavy (non-hydrogen) atoms. The maximum Gasteiger partial charge on any atom is 0.417 e. The van der Waals surface area contributed by atoms with Crippen molar-refractivity contribution in [2.75, 3.05) is 23.3 Å². The lowest BCUT2D eigenvalue weighted by Crippen LogP contribution is -2.58. The first-order chi connectivity index (χ1) is 23.1. The van der Waals surface area contributed by atoms with E-state index < -0.39 is 58.4 Å². The summed E-state index contributed by atoms with van der Waals surface area (Å²) in [6.45, 7) is 5.63. The molecule has 0 aliphatic carbocycles. The molecule has 2 fully saturated rings. The Balaban J connectivity index is 0.969. The average molecular weight is 675 g/mol. The largest absolute Gasteiger partial charge is 0.417 e. The lowest BCUT2D eigenvalue weighted by molar-refractivity contribution is -0.138. The third-order valence-electron chi connectivity index (χ3n) is 9.60. The predicted octanol–water partition coefficient (Wildman–Crippen LogP) is 2.75. The molecule has 5 heterocycles. The number of hydrogen-bond donors (Lipinski definition) is 2. The molecule has 2 N–H and O–H groups in total. The monoisotopic (exact) mass is 674 g/mol. The molecule has 2 aromatic carbocycles. The van der Waals surface area contributed by atoms with Crippen molar-refractivity contribution in [3.8, 4) is 6.07 Å². The van der Waals surface area contributed by atoms with Gasteiger partial charge in [0.1, 0.15) is 11.6 Å². The second kappa shape index (κ2) is 11.3. The van der Waals surface area contributed by atoms with E-state index >= 15 is 0 Å². The van der Waals surface area contributed by atoms with Gasteiger partial charge in [0.15, 0.2) is 0 Å². The molecule has 0 bridgehead atoms. The topological polar surface area (TPSA) is 161 Å². The molecule has 3 aromatic rings. The number of benzene rings is 2. The van der Waals surface area contributed by atoms with Crippen molar-refractivity contribution in [1.82, 2.24) is 24.9 Å². The number of anilines is 2. The number of carbonyl (C=O) groups excluding carboxylic acids is 5. The van der Waals surface area contributed by atoms with Gasteiger partial charge in [-0.15, -0.1) is 0 Å². The van der Waals surface area contributed by atoms with Crippen molar-refractivity contribution >= 4 is 40.9 Å². The van der Waals surface area contributed by atoms with E-state index in [-0.39, 0.29) is 35.7 Å². The van der Waals surface area contributed by atoms with Crippen molar-refractivity contribution in [2.45, 2.75) is 63.6 Å². The minimum atomic E-state index is -4.75. The summed E-state index contributed by atoms with van der Waals surface area (Å²) in [7, 11) is 0. The molecule has 4 aliphatic heterocycles. The van der Waals surface area contributed by atoms with E-state index in [0.29, 0.717) is 26.2 Å².